The van der Waals surface area contributed by atoms with Crippen LogP contribution in [0.4, 0.5) is 0 Å². The minimum absolute atomic E-state index is 0.281. The zero-order valence-electron chi connectivity index (χ0n) is 5.39. The molecule has 2 nitrogen and oxygen atoms in total. The average Bonchev–Trinajstić information content (AvgIpc) is 1.77. The van der Waals surface area contributed by atoms with E-state index in [2.05, 4.69) is 0 Å². The lowest BCUT2D eigenvalue weighted by atomic mass is 10.2. The van der Waals surface area contributed by atoms with Crippen molar-refractivity contribution in [3.05, 3.63) is 0 Å². The van der Waals surface area contributed by atoms with Gasteiger partial charge in [-0.3, -0.25) is 0 Å². The van der Waals surface area contributed by atoms with Gasteiger partial charge in [0.25, 0.3) is 0 Å². The van der Waals surface area contributed by atoms with Crippen LogP contribution in [0, 0.1) is 0 Å². The molecule has 8 heavy (non-hydrogen) atoms. The van der Waals surface area contributed by atoms with Crippen molar-refractivity contribution in [1.29, 1.82) is 0 Å². The van der Waals surface area contributed by atoms with Crippen molar-refractivity contribution in [3.63, 3.8) is 0 Å². The first-order chi connectivity index (χ1) is 3.80. The maximum Gasteiger partial charge on any atom is 0.0807 e. The quantitative estimate of drug-likeness (QED) is 0.466. The molecule has 0 aromatic heterocycles. The van der Waals surface area contributed by atoms with Crippen LogP contribution >= 0.6 is 0 Å². The van der Waals surface area contributed by atoms with Crippen LogP contribution in [0.25, 0.3) is 0 Å². The molecule has 48 valence electrons. The second-order valence-corrected chi connectivity index (χ2v) is 2.15. The Balaban J connectivity index is 2.28. The summed E-state index contributed by atoms with van der Waals surface area (Å²) in [6.45, 7) is 5.57. The fourth-order valence-electron chi connectivity index (χ4n) is 0.739. The minimum atomic E-state index is 0.281. The molecule has 0 spiro atoms. The summed E-state index contributed by atoms with van der Waals surface area (Å²) in [5.74, 6) is 0. The third kappa shape index (κ3) is 1.20. The number of hydrogen-bond donors (Lipinski definition) is 0. The van der Waals surface area contributed by atoms with E-state index in [4.69, 9.17) is 9.47 Å². The van der Waals surface area contributed by atoms with Gasteiger partial charge in [-0.2, -0.15) is 0 Å². The maximum atomic E-state index is 5.27. The van der Waals surface area contributed by atoms with Crippen LogP contribution < -0.4 is 0 Å². The van der Waals surface area contributed by atoms with Crippen LogP contribution in [0.2, 0.25) is 0 Å². The first-order valence-electron chi connectivity index (χ1n) is 3.04. The van der Waals surface area contributed by atoms with E-state index >= 15 is 0 Å². The van der Waals surface area contributed by atoms with Crippen LogP contribution in [0.3, 0.4) is 0 Å². The van der Waals surface area contributed by atoms with Crippen molar-refractivity contribution in [2.24, 2.45) is 0 Å². The molecule has 0 N–H and O–H groups in total. The highest BCUT2D eigenvalue weighted by atomic mass is 16.6. The Bertz CT molecular complexity index is 62.9. The fourth-order valence-corrected chi connectivity index (χ4v) is 0.739. The van der Waals surface area contributed by atoms with Crippen LogP contribution in [0.5, 0.6) is 0 Å². The highest BCUT2D eigenvalue weighted by Crippen LogP contribution is 2.07. The molecule has 1 heterocycles. The SMILES string of the molecule is CC1OCCO[C@H]1C. The predicted octanol–water partition coefficient (Wildman–Crippen LogP) is 0.810. The third-order valence-corrected chi connectivity index (χ3v) is 1.51. The van der Waals surface area contributed by atoms with E-state index in [1.54, 1.807) is 0 Å². The average molecular weight is 116 g/mol. The van der Waals surface area contributed by atoms with Gasteiger partial charge in [0, 0.05) is 0 Å². The lowest BCUT2D eigenvalue weighted by molar-refractivity contribution is -0.124. The normalized spacial score (nSPS) is 39.8. The summed E-state index contributed by atoms with van der Waals surface area (Å²) in [5, 5.41) is 0. The number of rotatable bonds is 0. The molecule has 0 aromatic carbocycles. The third-order valence-electron chi connectivity index (χ3n) is 1.51. The van der Waals surface area contributed by atoms with Crippen LogP contribution in [-0.4, -0.2) is 25.4 Å². The molecule has 0 saturated carbocycles. The van der Waals surface area contributed by atoms with Gasteiger partial charge in [0.05, 0.1) is 25.4 Å². The molecule has 2 atom stereocenters. The smallest absolute Gasteiger partial charge is 0.0807 e. The van der Waals surface area contributed by atoms with Crippen molar-refractivity contribution in [2.75, 3.05) is 13.2 Å². The second-order valence-electron chi connectivity index (χ2n) is 2.15. The second kappa shape index (κ2) is 2.46. The van der Waals surface area contributed by atoms with Crippen molar-refractivity contribution in [1.82, 2.24) is 0 Å². The van der Waals surface area contributed by atoms with Crippen molar-refractivity contribution >= 4 is 0 Å². The molecule has 1 fully saturated rings. The summed E-state index contributed by atoms with van der Waals surface area (Å²) in [5.41, 5.74) is 0. The van der Waals surface area contributed by atoms with E-state index in [0.29, 0.717) is 0 Å². The fraction of sp³-hybridized carbons (Fsp3) is 1.00. The standard InChI is InChI=1S/C6H12O2/c1-5-6(2)8-4-3-7-5/h5-6H,3-4H2,1-2H3/t5-,6?/m0/s1. The topological polar surface area (TPSA) is 18.5 Å². The lowest BCUT2D eigenvalue weighted by Crippen LogP contribution is -2.33. The van der Waals surface area contributed by atoms with Gasteiger partial charge in [-0.05, 0) is 13.8 Å². The van der Waals surface area contributed by atoms with Gasteiger partial charge in [0.2, 0.25) is 0 Å². The monoisotopic (exact) mass is 116 g/mol. The van der Waals surface area contributed by atoms with E-state index in [1.807, 2.05) is 13.8 Å². The summed E-state index contributed by atoms with van der Waals surface area (Å²) in [6.07, 6.45) is 0.562. The molecular weight excluding hydrogens is 104 g/mol. The van der Waals surface area contributed by atoms with Gasteiger partial charge in [0.1, 0.15) is 0 Å². The highest BCUT2D eigenvalue weighted by molar-refractivity contribution is 4.63. The Morgan fingerprint density at radius 1 is 1.00 bits per heavy atom. The van der Waals surface area contributed by atoms with E-state index in [0.717, 1.165) is 13.2 Å². The Morgan fingerprint density at radius 3 is 1.62 bits per heavy atom. The van der Waals surface area contributed by atoms with Gasteiger partial charge in [-0.25, -0.2) is 0 Å². The van der Waals surface area contributed by atoms with Crippen LogP contribution in [0.1, 0.15) is 13.8 Å². The molecule has 1 rings (SSSR count). The molecular formula is C6H12O2. The van der Waals surface area contributed by atoms with Crippen LogP contribution in [0.15, 0.2) is 0 Å². The molecule has 1 unspecified atom stereocenters. The molecule has 2 heteroatoms. The lowest BCUT2D eigenvalue weighted by Gasteiger charge is -2.25. The molecule has 0 bridgehead atoms. The van der Waals surface area contributed by atoms with Gasteiger partial charge in [-0.1, -0.05) is 0 Å². The summed E-state index contributed by atoms with van der Waals surface area (Å²) in [6, 6.07) is 0. The Hall–Kier alpha value is -0.0800. The van der Waals surface area contributed by atoms with Gasteiger partial charge in [0.15, 0.2) is 0 Å². The maximum absolute atomic E-state index is 5.27. The Morgan fingerprint density at radius 2 is 1.38 bits per heavy atom. The first kappa shape index (κ1) is 6.05. The zero-order chi connectivity index (χ0) is 5.98. The Kier molecular flexibility index (Phi) is 1.86. The molecule has 0 aliphatic carbocycles. The van der Waals surface area contributed by atoms with E-state index in [-0.39, 0.29) is 12.2 Å². The molecule has 0 radical (unpaired) electrons. The number of ether oxygens (including phenoxy) is 2. The summed E-state index contributed by atoms with van der Waals surface area (Å²) in [7, 11) is 0. The van der Waals surface area contributed by atoms with Gasteiger partial charge >= 0.3 is 0 Å². The largest absolute Gasteiger partial charge is 0.373 e. The summed E-state index contributed by atoms with van der Waals surface area (Å²) >= 11 is 0. The minimum Gasteiger partial charge on any atom is -0.373 e. The molecule has 1 aliphatic heterocycles. The molecule has 1 aliphatic rings. The van der Waals surface area contributed by atoms with Crippen molar-refractivity contribution < 1.29 is 9.47 Å². The summed E-state index contributed by atoms with van der Waals surface area (Å²) < 4.78 is 10.5. The highest BCUT2D eigenvalue weighted by Gasteiger charge is 2.16. The van der Waals surface area contributed by atoms with E-state index in [1.165, 1.54) is 0 Å². The molecule has 0 amide bonds. The van der Waals surface area contributed by atoms with E-state index < -0.39 is 0 Å². The summed E-state index contributed by atoms with van der Waals surface area (Å²) in [4.78, 5) is 0. The van der Waals surface area contributed by atoms with Gasteiger partial charge < -0.3 is 9.47 Å². The van der Waals surface area contributed by atoms with Crippen LogP contribution in [-0.2, 0) is 9.47 Å². The first-order valence-corrected chi connectivity index (χ1v) is 3.04. The van der Waals surface area contributed by atoms with Crippen molar-refractivity contribution in [2.45, 2.75) is 26.1 Å². The van der Waals surface area contributed by atoms with Crippen molar-refractivity contribution in [3.8, 4) is 0 Å². The molecule has 1 saturated heterocycles. The molecule has 0 aromatic rings. The van der Waals surface area contributed by atoms with E-state index in [9.17, 15) is 0 Å². The number of hydrogen-bond acceptors (Lipinski definition) is 2. The van der Waals surface area contributed by atoms with Gasteiger partial charge in [-0.15, -0.1) is 0 Å². The predicted molar refractivity (Wildman–Crippen MR) is 30.8 cm³/mol. The Labute approximate surface area is 49.8 Å². The zero-order valence-corrected chi connectivity index (χ0v) is 5.39.